The van der Waals surface area contributed by atoms with Gasteiger partial charge in [-0.05, 0) is 38.3 Å². The Morgan fingerprint density at radius 2 is 1.78 bits per heavy atom. The number of ether oxygens (including phenoxy) is 2. The average Bonchev–Trinajstić information content (AvgIpc) is 2.59. The highest BCUT2D eigenvalue weighted by molar-refractivity contribution is 5.79. The molecule has 154 valence electrons. The molecule has 1 aromatic rings. The number of nitrogens with zero attached hydrogens (tertiary/aromatic N) is 1. The smallest absolute Gasteiger partial charge is 0.379 e. The third-order valence-corrected chi connectivity index (χ3v) is 3.39. The van der Waals surface area contributed by atoms with Gasteiger partial charge in [-0.15, -0.1) is 0 Å². The maximum absolute atomic E-state index is 12.1. The number of aliphatic imine (C=N–C) groups is 1. The van der Waals surface area contributed by atoms with E-state index in [1.165, 1.54) is 0 Å². The number of guanidine groups is 1. The SMILES string of the molecule is CCNC(=NCc1ccc(COCC(F)(F)F)cc1)NCCCOC(C)C. The van der Waals surface area contributed by atoms with Gasteiger partial charge in [0.25, 0.3) is 0 Å². The minimum absolute atomic E-state index is 0.0638. The Bertz CT molecular complexity index is 546. The van der Waals surface area contributed by atoms with Crippen molar-refractivity contribution < 1.29 is 22.6 Å². The summed E-state index contributed by atoms with van der Waals surface area (Å²) in [7, 11) is 0. The number of rotatable bonds is 11. The molecule has 0 radical (unpaired) electrons. The maximum Gasteiger partial charge on any atom is 0.411 e. The highest BCUT2D eigenvalue weighted by Gasteiger charge is 2.27. The fourth-order valence-electron chi connectivity index (χ4n) is 2.14. The van der Waals surface area contributed by atoms with Gasteiger partial charge in [0.15, 0.2) is 5.96 Å². The van der Waals surface area contributed by atoms with Crippen molar-refractivity contribution in [1.29, 1.82) is 0 Å². The molecule has 2 N–H and O–H groups in total. The van der Waals surface area contributed by atoms with Crippen LogP contribution in [0.5, 0.6) is 0 Å². The normalized spacial score (nSPS) is 12.5. The summed E-state index contributed by atoms with van der Waals surface area (Å²) in [6, 6.07) is 7.20. The lowest BCUT2D eigenvalue weighted by molar-refractivity contribution is -0.176. The van der Waals surface area contributed by atoms with Gasteiger partial charge in [-0.1, -0.05) is 24.3 Å². The molecule has 0 spiro atoms. The average molecular weight is 389 g/mol. The van der Waals surface area contributed by atoms with Crippen LogP contribution in [0.25, 0.3) is 0 Å². The van der Waals surface area contributed by atoms with Crippen LogP contribution in [0.3, 0.4) is 0 Å². The van der Waals surface area contributed by atoms with Gasteiger partial charge in [0.1, 0.15) is 6.61 Å². The first-order chi connectivity index (χ1) is 12.8. The van der Waals surface area contributed by atoms with E-state index in [9.17, 15) is 13.2 Å². The highest BCUT2D eigenvalue weighted by atomic mass is 19.4. The number of nitrogens with one attached hydrogen (secondary N) is 2. The van der Waals surface area contributed by atoms with Gasteiger partial charge in [0.05, 0.1) is 19.3 Å². The number of alkyl halides is 3. The lowest BCUT2D eigenvalue weighted by Crippen LogP contribution is -2.38. The van der Waals surface area contributed by atoms with E-state index >= 15 is 0 Å². The molecule has 0 amide bonds. The van der Waals surface area contributed by atoms with Crippen LogP contribution in [0.4, 0.5) is 13.2 Å². The van der Waals surface area contributed by atoms with Gasteiger partial charge in [-0.25, -0.2) is 4.99 Å². The fraction of sp³-hybridized carbons (Fsp3) is 0.632. The van der Waals surface area contributed by atoms with Crippen LogP contribution in [0, 0.1) is 0 Å². The van der Waals surface area contributed by atoms with Crippen molar-refractivity contribution in [1.82, 2.24) is 10.6 Å². The zero-order valence-electron chi connectivity index (χ0n) is 16.2. The number of hydrogen-bond donors (Lipinski definition) is 2. The second-order valence-electron chi connectivity index (χ2n) is 6.32. The molecule has 0 aliphatic heterocycles. The molecule has 0 aliphatic carbocycles. The largest absolute Gasteiger partial charge is 0.411 e. The van der Waals surface area contributed by atoms with Crippen LogP contribution in [0.2, 0.25) is 0 Å². The summed E-state index contributed by atoms with van der Waals surface area (Å²) in [5.74, 6) is 0.722. The van der Waals surface area contributed by atoms with Crippen molar-refractivity contribution in [2.24, 2.45) is 4.99 Å². The van der Waals surface area contributed by atoms with E-state index in [-0.39, 0.29) is 12.7 Å². The summed E-state index contributed by atoms with van der Waals surface area (Å²) < 4.78 is 46.4. The zero-order chi connectivity index (χ0) is 20.1. The van der Waals surface area contributed by atoms with E-state index in [0.29, 0.717) is 18.7 Å². The Morgan fingerprint density at radius 1 is 1.11 bits per heavy atom. The Hall–Kier alpha value is -1.80. The van der Waals surface area contributed by atoms with Crippen LogP contribution in [-0.2, 0) is 22.6 Å². The summed E-state index contributed by atoms with van der Waals surface area (Å²) in [6.45, 7) is 7.39. The lowest BCUT2D eigenvalue weighted by Gasteiger charge is -2.12. The Labute approximate surface area is 159 Å². The predicted molar refractivity (Wildman–Crippen MR) is 101 cm³/mol. The summed E-state index contributed by atoms with van der Waals surface area (Å²) in [6.07, 6.45) is -3.19. The van der Waals surface area contributed by atoms with Gasteiger partial charge in [-0.3, -0.25) is 0 Å². The second kappa shape index (κ2) is 12.6. The minimum atomic E-state index is -4.30. The standard InChI is InChI=1S/C19H30F3N3O2/c1-4-23-18(24-10-5-11-27-15(2)3)25-12-16-6-8-17(9-7-16)13-26-14-19(20,21)22/h6-9,15H,4-5,10-14H2,1-3H3,(H2,23,24,25). The molecule has 0 atom stereocenters. The molecular formula is C19H30F3N3O2. The van der Waals surface area contributed by atoms with Crippen LogP contribution in [-0.4, -0.2) is 44.5 Å². The molecule has 5 nitrogen and oxygen atoms in total. The van der Waals surface area contributed by atoms with Crippen molar-refractivity contribution in [3.63, 3.8) is 0 Å². The Balaban J connectivity index is 2.41. The molecule has 8 heteroatoms. The quantitative estimate of drug-likeness (QED) is 0.345. The lowest BCUT2D eigenvalue weighted by atomic mass is 10.1. The molecule has 0 bridgehead atoms. The maximum atomic E-state index is 12.1. The van der Waals surface area contributed by atoms with E-state index in [0.717, 1.165) is 31.0 Å². The topological polar surface area (TPSA) is 54.9 Å². The molecular weight excluding hydrogens is 359 g/mol. The van der Waals surface area contributed by atoms with E-state index in [1.807, 2.05) is 32.9 Å². The van der Waals surface area contributed by atoms with E-state index in [1.54, 1.807) is 12.1 Å². The number of halogens is 3. The van der Waals surface area contributed by atoms with Crippen molar-refractivity contribution in [3.05, 3.63) is 35.4 Å². The van der Waals surface area contributed by atoms with Gasteiger partial charge >= 0.3 is 6.18 Å². The Morgan fingerprint density at radius 3 is 2.37 bits per heavy atom. The van der Waals surface area contributed by atoms with Gasteiger partial charge in [0.2, 0.25) is 0 Å². The zero-order valence-corrected chi connectivity index (χ0v) is 16.2. The summed E-state index contributed by atoms with van der Waals surface area (Å²) in [5, 5.41) is 6.43. The van der Waals surface area contributed by atoms with Gasteiger partial charge in [0, 0.05) is 19.7 Å². The van der Waals surface area contributed by atoms with Crippen molar-refractivity contribution in [2.75, 3.05) is 26.3 Å². The molecule has 27 heavy (non-hydrogen) atoms. The Kier molecular flexibility index (Phi) is 10.8. The van der Waals surface area contributed by atoms with E-state index in [4.69, 9.17) is 4.74 Å². The number of hydrogen-bond acceptors (Lipinski definition) is 3. The molecule has 0 saturated heterocycles. The molecule has 1 rings (SSSR count). The second-order valence-corrected chi connectivity index (χ2v) is 6.32. The summed E-state index contributed by atoms with van der Waals surface area (Å²) in [5.41, 5.74) is 1.66. The minimum Gasteiger partial charge on any atom is -0.379 e. The molecule has 0 aromatic heterocycles. The summed E-state index contributed by atoms with van der Waals surface area (Å²) in [4.78, 5) is 4.51. The monoisotopic (exact) mass is 389 g/mol. The summed E-state index contributed by atoms with van der Waals surface area (Å²) >= 11 is 0. The highest BCUT2D eigenvalue weighted by Crippen LogP contribution is 2.16. The third-order valence-electron chi connectivity index (χ3n) is 3.39. The van der Waals surface area contributed by atoms with Gasteiger partial charge in [-0.2, -0.15) is 13.2 Å². The van der Waals surface area contributed by atoms with Crippen molar-refractivity contribution in [3.8, 4) is 0 Å². The van der Waals surface area contributed by atoms with Crippen LogP contribution in [0.1, 0.15) is 38.3 Å². The van der Waals surface area contributed by atoms with Crippen molar-refractivity contribution >= 4 is 5.96 Å². The first-order valence-corrected chi connectivity index (χ1v) is 9.16. The third kappa shape index (κ3) is 12.3. The molecule has 0 aliphatic rings. The van der Waals surface area contributed by atoms with Crippen molar-refractivity contribution in [2.45, 2.75) is 52.6 Å². The predicted octanol–water partition coefficient (Wildman–Crippen LogP) is 3.64. The first-order valence-electron chi connectivity index (χ1n) is 9.16. The van der Waals surface area contributed by atoms with E-state index < -0.39 is 12.8 Å². The number of benzene rings is 1. The van der Waals surface area contributed by atoms with Crippen LogP contribution >= 0.6 is 0 Å². The fourth-order valence-corrected chi connectivity index (χ4v) is 2.14. The van der Waals surface area contributed by atoms with Crippen LogP contribution in [0.15, 0.2) is 29.3 Å². The molecule has 1 aromatic carbocycles. The van der Waals surface area contributed by atoms with Gasteiger partial charge < -0.3 is 20.1 Å². The first kappa shape index (κ1) is 23.2. The van der Waals surface area contributed by atoms with E-state index in [2.05, 4.69) is 20.4 Å². The molecule has 0 fully saturated rings. The van der Waals surface area contributed by atoms with Crippen LogP contribution < -0.4 is 10.6 Å². The molecule has 0 unspecified atom stereocenters. The molecule has 0 heterocycles. The molecule has 0 saturated carbocycles.